The van der Waals surface area contributed by atoms with Gasteiger partial charge in [-0.1, -0.05) is 98.4 Å². The van der Waals surface area contributed by atoms with Crippen LogP contribution in [-0.4, -0.2) is 78.1 Å². The Labute approximate surface area is 456 Å². The number of fused-ring (bicyclic) bond motifs is 5. The smallest absolute Gasteiger partial charge is 0.429 e. The molecule has 3 fully saturated rings. The van der Waals surface area contributed by atoms with E-state index < -0.39 is 40.9 Å². The molecule has 0 radical (unpaired) electrons. The fourth-order valence-electron chi connectivity index (χ4n) is 13.5. The minimum atomic E-state index is -0.992. The summed E-state index contributed by atoms with van der Waals surface area (Å²) in [5.41, 5.74) is 3.30. The number of rotatable bonds is 27. The molecule has 15 nitrogen and oxygen atoms in total. The first-order chi connectivity index (χ1) is 36.2. The first kappa shape index (κ1) is 60.3. The van der Waals surface area contributed by atoms with Crippen molar-refractivity contribution in [2.24, 2.45) is 58.2 Å². The number of allylic oxidation sites excluding steroid dienone is 1. The number of nitro groups is 1. The molecular weight excluding hydrogens is 983 g/mol. The van der Waals surface area contributed by atoms with Crippen molar-refractivity contribution >= 4 is 52.9 Å². The number of anilines is 1. The SMILES string of the molecule is CSC[C@@H](C)[C@H](NC(=O)[C@H](CC(C)C)NC(=O)CCC(=O)NCCCO[C@H]1CC[C@@]2(C)C(=CC[C@@H]3C2CC[C@@]2(C)C3CC[C@@H]2[C@H](C)CCCC(C)C)C1)C(=O)Nc1ccc(COC(=O)Oc2ccc([N+](=O)[O-])cc2)cc1. The molecule has 0 aliphatic heterocycles. The number of hydrogen-bond donors (Lipinski definition) is 4. The topological polar surface area (TPSA) is 204 Å². The molecule has 4 aliphatic carbocycles. The van der Waals surface area contributed by atoms with Crippen LogP contribution in [0.15, 0.2) is 60.2 Å². The Morgan fingerprint density at radius 3 is 2.22 bits per heavy atom. The van der Waals surface area contributed by atoms with Crippen LogP contribution < -0.4 is 26.0 Å². The maximum Gasteiger partial charge on any atom is 0.514 e. The lowest BCUT2D eigenvalue weighted by Crippen LogP contribution is -2.55. The number of hydrogen-bond acceptors (Lipinski definition) is 11. The van der Waals surface area contributed by atoms with Crippen LogP contribution >= 0.6 is 11.8 Å². The third-order valence-electron chi connectivity index (χ3n) is 17.6. The zero-order chi connectivity index (χ0) is 55.2. The van der Waals surface area contributed by atoms with E-state index in [1.165, 1.54) is 93.8 Å². The number of carbonyl (C=O) groups is 5. The van der Waals surface area contributed by atoms with E-state index in [2.05, 4.69) is 62.0 Å². The van der Waals surface area contributed by atoms with Gasteiger partial charge in [0, 0.05) is 43.8 Å². The van der Waals surface area contributed by atoms with Gasteiger partial charge in [-0.2, -0.15) is 11.8 Å². The van der Waals surface area contributed by atoms with Crippen molar-refractivity contribution in [1.29, 1.82) is 0 Å². The van der Waals surface area contributed by atoms with E-state index in [-0.39, 0.29) is 60.1 Å². The molecule has 4 N–H and O–H groups in total. The number of thioether (sulfide) groups is 1. The van der Waals surface area contributed by atoms with Crippen LogP contribution in [0.3, 0.4) is 0 Å². The molecule has 16 heteroatoms. The van der Waals surface area contributed by atoms with Gasteiger partial charge in [0.25, 0.3) is 5.69 Å². The van der Waals surface area contributed by atoms with Gasteiger partial charge in [0.1, 0.15) is 24.4 Å². The maximum absolute atomic E-state index is 13.8. The van der Waals surface area contributed by atoms with Crippen LogP contribution in [0.4, 0.5) is 16.2 Å². The summed E-state index contributed by atoms with van der Waals surface area (Å²) < 4.78 is 16.7. The summed E-state index contributed by atoms with van der Waals surface area (Å²) in [5, 5.41) is 22.4. The Bertz CT molecular complexity index is 2310. The quantitative estimate of drug-likeness (QED) is 0.0165. The van der Waals surface area contributed by atoms with E-state index in [1.807, 2.05) is 27.0 Å². The second kappa shape index (κ2) is 28.1. The van der Waals surface area contributed by atoms with Gasteiger partial charge in [0.15, 0.2) is 0 Å². The molecule has 76 heavy (non-hydrogen) atoms. The van der Waals surface area contributed by atoms with E-state index in [1.54, 1.807) is 29.8 Å². The molecule has 4 amide bonds. The maximum atomic E-state index is 13.8. The monoisotopic (exact) mass is 1070 g/mol. The summed E-state index contributed by atoms with van der Waals surface area (Å²) >= 11 is 1.54. The van der Waals surface area contributed by atoms with Gasteiger partial charge in [-0.15, -0.1) is 0 Å². The van der Waals surface area contributed by atoms with Gasteiger partial charge in [0.05, 0.1) is 11.0 Å². The van der Waals surface area contributed by atoms with Crippen molar-refractivity contribution in [2.75, 3.05) is 30.5 Å². The zero-order valence-corrected chi connectivity index (χ0v) is 47.7. The third kappa shape index (κ3) is 16.3. The predicted octanol–water partition coefficient (Wildman–Crippen LogP) is 12.0. The summed E-state index contributed by atoms with van der Waals surface area (Å²) in [6.45, 7) is 19.1. The number of benzene rings is 2. The van der Waals surface area contributed by atoms with Crippen LogP contribution in [0, 0.1) is 68.3 Å². The number of amides is 4. The molecule has 0 heterocycles. The fraction of sp³-hybridized carbons (Fsp3) is 0.683. The van der Waals surface area contributed by atoms with Crippen LogP contribution in [0.1, 0.15) is 157 Å². The van der Waals surface area contributed by atoms with Crippen LogP contribution in [0.5, 0.6) is 5.75 Å². The Kier molecular flexibility index (Phi) is 22.3. The molecule has 420 valence electrons. The molecule has 0 spiro atoms. The van der Waals surface area contributed by atoms with Gasteiger partial charge in [0.2, 0.25) is 23.6 Å². The Morgan fingerprint density at radius 1 is 0.816 bits per heavy atom. The molecule has 3 saturated carbocycles. The Hall–Kier alpha value is -4.96. The summed E-state index contributed by atoms with van der Waals surface area (Å²) in [4.78, 5) is 76.2. The van der Waals surface area contributed by atoms with E-state index in [0.717, 1.165) is 48.3 Å². The minimum absolute atomic E-state index is 0.0226. The molecule has 2 aromatic carbocycles. The van der Waals surface area contributed by atoms with Crippen molar-refractivity contribution < 1.29 is 43.1 Å². The normalized spacial score (nSPS) is 25.4. The fourth-order valence-corrected chi connectivity index (χ4v) is 14.2. The number of nitrogens with one attached hydrogen (secondary N) is 4. The molecule has 0 bridgehead atoms. The van der Waals surface area contributed by atoms with E-state index in [9.17, 15) is 34.1 Å². The second-order valence-electron chi connectivity index (χ2n) is 24.0. The first-order valence-corrected chi connectivity index (χ1v) is 29.7. The Balaban J connectivity index is 0.896. The summed E-state index contributed by atoms with van der Waals surface area (Å²) in [5.74, 6) is 3.76. The molecule has 2 unspecified atom stereocenters. The van der Waals surface area contributed by atoms with Crippen molar-refractivity contribution in [3.63, 3.8) is 0 Å². The largest absolute Gasteiger partial charge is 0.514 e. The molecule has 6 rings (SSSR count). The molecular formula is C60H89N5O10S. The van der Waals surface area contributed by atoms with Crippen LogP contribution in [0.25, 0.3) is 0 Å². The van der Waals surface area contributed by atoms with E-state index in [4.69, 9.17) is 14.2 Å². The second-order valence-corrected chi connectivity index (χ2v) is 24.9. The number of nitro benzene ring substituents is 1. The lowest BCUT2D eigenvalue weighted by molar-refractivity contribution is -0.384. The number of non-ortho nitro benzene ring substituents is 1. The molecule has 0 aromatic heterocycles. The number of ether oxygens (including phenoxy) is 3. The summed E-state index contributed by atoms with van der Waals surface area (Å²) in [6, 6.07) is 9.75. The molecule has 2 aromatic rings. The highest BCUT2D eigenvalue weighted by molar-refractivity contribution is 7.98. The lowest BCUT2D eigenvalue weighted by atomic mass is 9.47. The van der Waals surface area contributed by atoms with E-state index in [0.29, 0.717) is 48.4 Å². The predicted molar refractivity (Wildman–Crippen MR) is 299 cm³/mol. The molecule has 11 atom stereocenters. The zero-order valence-electron chi connectivity index (χ0n) is 46.9. The third-order valence-corrected chi connectivity index (χ3v) is 18.5. The van der Waals surface area contributed by atoms with E-state index >= 15 is 0 Å². The standard InChI is InChI=1S/C60H89N5O10S/c1-38(2)12-10-13-40(5)49-24-25-50-48-23-16-43-35-47(28-30-59(43,7)51(48)29-31-60(49,50)8)73-33-11-32-61-53(66)26-27-54(67)63-52(34-39(3)4)56(68)64-55(41(6)37-76-9)57(69)62-44-17-14-42(15-18-44)36-74-58(70)75-46-21-19-45(20-22-46)65(71)72/h14-22,38-41,47-52,55H,10-13,23-37H2,1-9H3,(H,61,66)(H,62,69)(H,63,67)(H,64,68)/t40-,41-,47+,48+,49-,50?,51?,52+,55+,59+,60-/m1/s1. The van der Waals surface area contributed by atoms with Crippen molar-refractivity contribution in [2.45, 2.75) is 176 Å². The van der Waals surface area contributed by atoms with Crippen LogP contribution in [-0.2, 0) is 35.3 Å². The van der Waals surface area contributed by atoms with Gasteiger partial charge >= 0.3 is 6.16 Å². The van der Waals surface area contributed by atoms with Crippen molar-refractivity contribution in [1.82, 2.24) is 16.0 Å². The minimum Gasteiger partial charge on any atom is -0.429 e. The van der Waals surface area contributed by atoms with Gasteiger partial charge < -0.3 is 35.5 Å². The van der Waals surface area contributed by atoms with Crippen molar-refractivity contribution in [3.8, 4) is 5.75 Å². The van der Waals surface area contributed by atoms with Gasteiger partial charge in [-0.25, -0.2) is 4.79 Å². The number of nitrogens with zero attached hydrogens (tertiary/aromatic N) is 1. The summed E-state index contributed by atoms with van der Waals surface area (Å²) in [7, 11) is 0. The highest BCUT2D eigenvalue weighted by Gasteiger charge is 2.59. The summed E-state index contributed by atoms with van der Waals surface area (Å²) in [6.07, 6.45) is 18.8. The Morgan fingerprint density at radius 2 is 1.54 bits per heavy atom. The highest BCUT2D eigenvalue weighted by Crippen LogP contribution is 2.67. The first-order valence-electron chi connectivity index (χ1n) is 28.4. The lowest BCUT2D eigenvalue weighted by Gasteiger charge is -2.58. The van der Waals surface area contributed by atoms with Gasteiger partial charge in [-0.05, 0) is 164 Å². The average Bonchev–Trinajstić information content (AvgIpc) is 3.74. The van der Waals surface area contributed by atoms with Gasteiger partial charge in [-0.3, -0.25) is 29.3 Å². The molecule has 4 aliphatic rings. The van der Waals surface area contributed by atoms with Crippen molar-refractivity contribution in [3.05, 3.63) is 75.9 Å². The molecule has 0 saturated heterocycles. The highest BCUT2D eigenvalue weighted by atomic mass is 32.2. The average molecular weight is 1070 g/mol. The van der Waals surface area contributed by atoms with Crippen LogP contribution in [0.2, 0.25) is 0 Å². The number of carbonyl (C=O) groups excluding carboxylic acids is 5.